The van der Waals surface area contributed by atoms with Crippen molar-refractivity contribution in [3.63, 3.8) is 0 Å². The van der Waals surface area contributed by atoms with Gasteiger partial charge in [-0.1, -0.05) is 13.3 Å². The first-order valence-corrected chi connectivity index (χ1v) is 7.92. The van der Waals surface area contributed by atoms with Crippen LogP contribution in [0.2, 0.25) is 0 Å². The number of ether oxygens (including phenoxy) is 1. The summed E-state index contributed by atoms with van der Waals surface area (Å²) in [6, 6.07) is 0. The van der Waals surface area contributed by atoms with Gasteiger partial charge >= 0.3 is 0 Å². The van der Waals surface area contributed by atoms with Crippen LogP contribution in [0.25, 0.3) is 0 Å². The number of rotatable bonds is 11. The molecule has 2 N–H and O–H groups in total. The Morgan fingerprint density at radius 2 is 2.05 bits per heavy atom. The third-order valence-electron chi connectivity index (χ3n) is 2.92. The normalized spacial score (nSPS) is 11.1. The largest absolute Gasteiger partial charge is 0.381 e. The molecule has 22 heavy (non-hydrogen) atoms. The number of hydrogen-bond acceptors (Lipinski definition) is 3. The molecule has 0 aliphatic rings. The van der Waals surface area contributed by atoms with Crippen molar-refractivity contribution in [3.05, 3.63) is 18.7 Å². The van der Waals surface area contributed by atoms with Crippen LogP contribution in [0.15, 0.2) is 23.7 Å². The molecule has 0 amide bonds. The lowest BCUT2D eigenvalue weighted by atomic mass is 10.4. The second-order valence-corrected chi connectivity index (χ2v) is 4.81. The minimum atomic E-state index is 0. The summed E-state index contributed by atoms with van der Waals surface area (Å²) in [6.07, 6.45) is 8.85. The maximum Gasteiger partial charge on any atom is 0.191 e. The molecule has 0 spiro atoms. The van der Waals surface area contributed by atoms with Crippen molar-refractivity contribution in [1.82, 2.24) is 20.2 Å². The minimum Gasteiger partial charge on any atom is -0.381 e. The highest BCUT2D eigenvalue weighted by Crippen LogP contribution is 1.90. The van der Waals surface area contributed by atoms with Gasteiger partial charge in [0.1, 0.15) is 0 Å². The van der Waals surface area contributed by atoms with E-state index >= 15 is 0 Å². The van der Waals surface area contributed by atoms with Crippen LogP contribution in [0.3, 0.4) is 0 Å². The Labute approximate surface area is 151 Å². The van der Waals surface area contributed by atoms with Crippen LogP contribution in [-0.2, 0) is 11.3 Å². The number of unbranched alkanes of at least 4 members (excludes halogenated alkanes) is 1. The predicted molar refractivity (Wildman–Crippen MR) is 102 cm³/mol. The monoisotopic (exact) mass is 423 g/mol. The molecule has 0 aromatic carbocycles. The average Bonchev–Trinajstić information content (AvgIpc) is 2.99. The number of hydrogen-bond donors (Lipinski definition) is 2. The summed E-state index contributed by atoms with van der Waals surface area (Å²) in [4.78, 5) is 8.56. The second-order valence-electron chi connectivity index (χ2n) is 4.81. The molecule has 6 nitrogen and oxygen atoms in total. The van der Waals surface area contributed by atoms with Gasteiger partial charge in [-0.05, 0) is 19.8 Å². The molecule has 1 aromatic heterocycles. The molecule has 0 bridgehead atoms. The molecule has 7 heteroatoms. The summed E-state index contributed by atoms with van der Waals surface area (Å²) in [5.41, 5.74) is 0. The van der Waals surface area contributed by atoms with Crippen LogP contribution in [-0.4, -0.2) is 48.4 Å². The molecule has 1 heterocycles. The SMILES string of the molecule is CCCCOCCCN=C(NCC)NCCn1ccnc1.I. The van der Waals surface area contributed by atoms with E-state index in [0.717, 1.165) is 58.2 Å². The van der Waals surface area contributed by atoms with Crippen molar-refractivity contribution in [3.8, 4) is 0 Å². The second kappa shape index (κ2) is 15.1. The van der Waals surface area contributed by atoms with E-state index in [2.05, 4.69) is 34.5 Å². The maximum atomic E-state index is 5.53. The third kappa shape index (κ3) is 10.8. The van der Waals surface area contributed by atoms with Gasteiger partial charge in [-0.15, -0.1) is 24.0 Å². The van der Waals surface area contributed by atoms with Crippen LogP contribution >= 0.6 is 24.0 Å². The lowest BCUT2D eigenvalue weighted by Gasteiger charge is -2.11. The van der Waals surface area contributed by atoms with Crippen molar-refractivity contribution in [1.29, 1.82) is 0 Å². The Morgan fingerprint density at radius 1 is 1.23 bits per heavy atom. The van der Waals surface area contributed by atoms with Gasteiger partial charge in [-0.3, -0.25) is 4.99 Å². The fraction of sp³-hybridized carbons (Fsp3) is 0.733. The molecule has 1 aromatic rings. The van der Waals surface area contributed by atoms with Crippen LogP contribution in [0.5, 0.6) is 0 Å². The topological polar surface area (TPSA) is 63.5 Å². The number of imidazole rings is 1. The van der Waals surface area contributed by atoms with Gasteiger partial charge in [0.25, 0.3) is 0 Å². The standard InChI is InChI=1S/C15H29N5O.HI/c1-3-5-12-21-13-6-7-18-15(17-4-2)19-9-11-20-10-8-16-14-20;/h8,10,14H,3-7,9,11-13H2,1-2H3,(H2,17,18,19);1H. The first kappa shape index (κ1) is 21.2. The van der Waals surface area contributed by atoms with Gasteiger partial charge in [0, 0.05) is 51.8 Å². The molecule has 0 aliphatic heterocycles. The van der Waals surface area contributed by atoms with E-state index in [1.165, 1.54) is 6.42 Å². The minimum absolute atomic E-state index is 0. The van der Waals surface area contributed by atoms with Crippen LogP contribution in [0.4, 0.5) is 0 Å². The zero-order chi connectivity index (χ0) is 15.2. The van der Waals surface area contributed by atoms with Gasteiger partial charge in [0.2, 0.25) is 0 Å². The Balaban J connectivity index is 0.00000441. The maximum absolute atomic E-state index is 5.53. The molecule has 0 unspecified atom stereocenters. The quantitative estimate of drug-likeness (QED) is 0.248. The smallest absolute Gasteiger partial charge is 0.191 e. The van der Waals surface area contributed by atoms with E-state index in [1.54, 1.807) is 6.20 Å². The van der Waals surface area contributed by atoms with Crippen LogP contribution < -0.4 is 10.6 Å². The van der Waals surface area contributed by atoms with Crippen molar-refractivity contribution >= 4 is 29.9 Å². The molecule has 128 valence electrons. The molecule has 0 radical (unpaired) electrons. The number of nitrogens with zero attached hydrogens (tertiary/aromatic N) is 3. The Kier molecular flexibility index (Phi) is 14.5. The molecule has 0 aliphatic carbocycles. The Hall–Kier alpha value is -0.830. The van der Waals surface area contributed by atoms with Crippen molar-refractivity contribution < 1.29 is 4.74 Å². The zero-order valence-electron chi connectivity index (χ0n) is 13.8. The number of halogens is 1. The number of aliphatic imine (C=N–C) groups is 1. The highest BCUT2D eigenvalue weighted by Gasteiger charge is 1.97. The first-order chi connectivity index (χ1) is 10.4. The highest BCUT2D eigenvalue weighted by atomic mass is 127. The van der Waals surface area contributed by atoms with Crippen molar-refractivity contribution in [2.24, 2.45) is 4.99 Å². The number of guanidine groups is 1. The highest BCUT2D eigenvalue weighted by molar-refractivity contribution is 14.0. The van der Waals surface area contributed by atoms with E-state index in [1.807, 2.05) is 17.1 Å². The van der Waals surface area contributed by atoms with Crippen LogP contribution in [0.1, 0.15) is 33.1 Å². The molecule has 0 saturated carbocycles. The average molecular weight is 423 g/mol. The number of aromatic nitrogens is 2. The first-order valence-electron chi connectivity index (χ1n) is 7.92. The van der Waals surface area contributed by atoms with Gasteiger partial charge in [-0.2, -0.15) is 0 Å². The fourth-order valence-corrected chi connectivity index (χ4v) is 1.77. The lowest BCUT2D eigenvalue weighted by molar-refractivity contribution is 0.130. The summed E-state index contributed by atoms with van der Waals surface area (Å²) in [5.74, 6) is 0.867. The van der Waals surface area contributed by atoms with Gasteiger partial charge in [-0.25, -0.2) is 4.98 Å². The predicted octanol–water partition coefficient (Wildman–Crippen LogP) is 2.26. The molecular weight excluding hydrogens is 393 g/mol. The van der Waals surface area contributed by atoms with E-state index in [4.69, 9.17) is 4.74 Å². The summed E-state index contributed by atoms with van der Waals surface area (Å²) in [5, 5.41) is 6.57. The number of nitrogens with one attached hydrogen (secondary N) is 2. The van der Waals surface area contributed by atoms with E-state index in [-0.39, 0.29) is 24.0 Å². The van der Waals surface area contributed by atoms with E-state index in [9.17, 15) is 0 Å². The molecule has 1 rings (SSSR count). The molecular formula is C15H30IN5O. The molecule has 0 saturated heterocycles. The third-order valence-corrected chi connectivity index (χ3v) is 2.92. The van der Waals surface area contributed by atoms with Crippen LogP contribution in [0, 0.1) is 0 Å². The van der Waals surface area contributed by atoms with Crippen molar-refractivity contribution in [2.45, 2.75) is 39.7 Å². The van der Waals surface area contributed by atoms with Gasteiger partial charge in [0.15, 0.2) is 5.96 Å². The lowest BCUT2D eigenvalue weighted by Crippen LogP contribution is -2.38. The van der Waals surface area contributed by atoms with Gasteiger partial charge in [0.05, 0.1) is 6.33 Å². The summed E-state index contributed by atoms with van der Waals surface area (Å²) >= 11 is 0. The van der Waals surface area contributed by atoms with Gasteiger partial charge < -0.3 is 19.9 Å². The summed E-state index contributed by atoms with van der Waals surface area (Å²) in [6.45, 7) is 9.25. The van der Waals surface area contributed by atoms with E-state index in [0.29, 0.717) is 0 Å². The Morgan fingerprint density at radius 3 is 2.73 bits per heavy atom. The summed E-state index contributed by atoms with van der Waals surface area (Å²) in [7, 11) is 0. The summed E-state index contributed by atoms with van der Waals surface area (Å²) < 4.78 is 7.57. The molecule has 0 fully saturated rings. The molecule has 0 atom stereocenters. The zero-order valence-corrected chi connectivity index (χ0v) is 16.1. The van der Waals surface area contributed by atoms with Crippen molar-refractivity contribution in [2.75, 3.05) is 32.8 Å². The fourth-order valence-electron chi connectivity index (χ4n) is 1.77. The Bertz CT molecular complexity index is 370. The van der Waals surface area contributed by atoms with E-state index < -0.39 is 0 Å².